The fourth-order valence-electron chi connectivity index (χ4n) is 2.72. The number of para-hydroxylation sites is 1. The number of hydrogen-bond acceptors (Lipinski definition) is 3. The third kappa shape index (κ3) is 3.65. The molecule has 0 spiro atoms. The molecular formula is C21H21NO2. The zero-order valence-corrected chi connectivity index (χ0v) is 13.5. The third-order valence-corrected chi connectivity index (χ3v) is 3.99. The fourth-order valence-corrected chi connectivity index (χ4v) is 2.72. The summed E-state index contributed by atoms with van der Waals surface area (Å²) in [6.45, 7) is 0.200. The monoisotopic (exact) mass is 319 g/mol. The maximum Gasteiger partial charge on any atom is 0.0681 e. The number of anilines is 3. The van der Waals surface area contributed by atoms with Gasteiger partial charge in [0.25, 0.3) is 0 Å². The van der Waals surface area contributed by atoms with Gasteiger partial charge in [0, 0.05) is 23.7 Å². The van der Waals surface area contributed by atoms with Crippen LogP contribution in [0.2, 0.25) is 0 Å². The van der Waals surface area contributed by atoms with E-state index in [1.807, 2.05) is 54.6 Å². The Kier molecular flexibility index (Phi) is 5.26. The van der Waals surface area contributed by atoms with Gasteiger partial charge in [-0.05, 0) is 53.9 Å². The van der Waals surface area contributed by atoms with Crippen LogP contribution in [-0.2, 0) is 13.0 Å². The molecule has 3 heteroatoms. The van der Waals surface area contributed by atoms with Gasteiger partial charge in [-0.25, -0.2) is 0 Å². The summed E-state index contributed by atoms with van der Waals surface area (Å²) in [5, 5.41) is 18.3. The van der Waals surface area contributed by atoms with E-state index in [2.05, 4.69) is 29.2 Å². The van der Waals surface area contributed by atoms with Gasteiger partial charge in [0.1, 0.15) is 0 Å². The van der Waals surface area contributed by atoms with Crippen LogP contribution in [0.15, 0.2) is 78.9 Å². The van der Waals surface area contributed by atoms with Gasteiger partial charge in [-0.1, -0.05) is 42.5 Å². The first-order valence-electron chi connectivity index (χ1n) is 8.06. The van der Waals surface area contributed by atoms with E-state index >= 15 is 0 Å². The highest BCUT2D eigenvalue weighted by atomic mass is 16.3. The topological polar surface area (TPSA) is 43.7 Å². The smallest absolute Gasteiger partial charge is 0.0681 e. The van der Waals surface area contributed by atoms with Crippen LogP contribution in [0.25, 0.3) is 0 Å². The number of benzene rings is 3. The zero-order chi connectivity index (χ0) is 16.8. The molecule has 0 bridgehead atoms. The Balaban J connectivity index is 2.01. The van der Waals surface area contributed by atoms with E-state index < -0.39 is 0 Å². The fraction of sp³-hybridized carbons (Fsp3) is 0.143. The molecule has 3 nitrogen and oxygen atoms in total. The molecule has 0 unspecified atom stereocenters. The van der Waals surface area contributed by atoms with Crippen LogP contribution in [0.4, 0.5) is 17.1 Å². The average molecular weight is 319 g/mol. The highest BCUT2D eigenvalue weighted by Gasteiger charge is 2.11. The van der Waals surface area contributed by atoms with Crippen LogP contribution in [0.5, 0.6) is 0 Å². The van der Waals surface area contributed by atoms with Crippen LogP contribution < -0.4 is 4.90 Å². The second-order valence-corrected chi connectivity index (χ2v) is 5.64. The molecule has 2 N–H and O–H groups in total. The summed E-state index contributed by atoms with van der Waals surface area (Å²) in [7, 11) is 0. The molecule has 3 aromatic carbocycles. The quantitative estimate of drug-likeness (QED) is 0.716. The third-order valence-electron chi connectivity index (χ3n) is 3.99. The zero-order valence-electron chi connectivity index (χ0n) is 13.5. The lowest BCUT2D eigenvalue weighted by Gasteiger charge is -2.25. The summed E-state index contributed by atoms with van der Waals surface area (Å²) in [6.07, 6.45) is 0.664. The minimum absolute atomic E-state index is 0.0431. The second-order valence-electron chi connectivity index (χ2n) is 5.64. The van der Waals surface area contributed by atoms with Gasteiger partial charge >= 0.3 is 0 Å². The molecule has 0 aliphatic heterocycles. The van der Waals surface area contributed by atoms with Crippen molar-refractivity contribution >= 4 is 17.1 Å². The maximum absolute atomic E-state index is 9.25. The normalized spacial score (nSPS) is 10.6. The molecule has 3 aromatic rings. The minimum atomic E-state index is 0.0431. The van der Waals surface area contributed by atoms with Crippen molar-refractivity contribution in [2.75, 3.05) is 11.5 Å². The Bertz CT molecular complexity index is 752. The summed E-state index contributed by atoms with van der Waals surface area (Å²) in [5.74, 6) is 0. The molecule has 0 saturated heterocycles. The Morgan fingerprint density at radius 1 is 0.583 bits per heavy atom. The molecule has 24 heavy (non-hydrogen) atoms. The first kappa shape index (κ1) is 16.2. The lowest BCUT2D eigenvalue weighted by molar-refractivity contribution is 0.282. The summed E-state index contributed by atoms with van der Waals surface area (Å²) in [5.41, 5.74) is 5.17. The molecule has 0 aromatic heterocycles. The highest BCUT2D eigenvalue weighted by Crippen LogP contribution is 2.34. The van der Waals surface area contributed by atoms with Gasteiger partial charge in [-0.3, -0.25) is 0 Å². The summed E-state index contributed by atoms with van der Waals surface area (Å²) in [4.78, 5) is 2.17. The van der Waals surface area contributed by atoms with Crippen LogP contribution in [0.1, 0.15) is 11.1 Å². The lowest BCUT2D eigenvalue weighted by Crippen LogP contribution is -2.10. The van der Waals surface area contributed by atoms with Gasteiger partial charge in [0.2, 0.25) is 0 Å². The number of rotatable bonds is 6. The van der Waals surface area contributed by atoms with Crippen molar-refractivity contribution in [2.45, 2.75) is 13.0 Å². The first-order valence-corrected chi connectivity index (χ1v) is 8.06. The average Bonchev–Trinajstić information content (AvgIpc) is 2.65. The Hall–Kier alpha value is -2.62. The molecular weight excluding hydrogens is 298 g/mol. The molecule has 0 heterocycles. The SMILES string of the molecule is OCCc1ccc(N(c2ccccc2)c2ccc(CO)cc2)cc1. The number of nitrogens with zero attached hydrogens (tertiary/aromatic N) is 1. The lowest BCUT2D eigenvalue weighted by atomic mass is 10.1. The van der Waals surface area contributed by atoms with E-state index in [0.29, 0.717) is 6.42 Å². The molecule has 0 fully saturated rings. The van der Waals surface area contributed by atoms with Gasteiger partial charge < -0.3 is 15.1 Å². The van der Waals surface area contributed by atoms with Crippen LogP contribution in [0, 0.1) is 0 Å². The number of aliphatic hydroxyl groups excluding tert-OH is 2. The Morgan fingerprint density at radius 2 is 1.08 bits per heavy atom. The van der Waals surface area contributed by atoms with Crippen LogP contribution in [-0.4, -0.2) is 16.8 Å². The first-order chi connectivity index (χ1) is 11.8. The minimum Gasteiger partial charge on any atom is -0.396 e. The predicted octanol–water partition coefficient (Wildman–Crippen LogP) is 4.18. The highest BCUT2D eigenvalue weighted by molar-refractivity contribution is 5.76. The van der Waals surface area contributed by atoms with E-state index in [1.165, 1.54) is 0 Å². The molecule has 0 aliphatic carbocycles. The summed E-state index contributed by atoms with van der Waals surface area (Å²) in [6, 6.07) is 26.3. The Labute approximate surface area is 142 Å². The summed E-state index contributed by atoms with van der Waals surface area (Å²) >= 11 is 0. The van der Waals surface area contributed by atoms with E-state index in [-0.39, 0.29) is 13.2 Å². The van der Waals surface area contributed by atoms with Crippen molar-refractivity contribution in [3.63, 3.8) is 0 Å². The molecule has 0 atom stereocenters. The maximum atomic E-state index is 9.25. The van der Waals surface area contributed by atoms with Crippen molar-refractivity contribution in [2.24, 2.45) is 0 Å². The molecule has 122 valence electrons. The second kappa shape index (κ2) is 7.77. The van der Waals surface area contributed by atoms with Crippen molar-refractivity contribution in [3.8, 4) is 0 Å². The Morgan fingerprint density at radius 3 is 1.58 bits per heavy atom. The summed E-state index contributed by atoms with van der Waals surface area (Å²) < 4.78 is 0. The van der Waals surface area contributed by atoms with Gasteiger partial charge in [0.05, 0.1) is 6.61 Å². The molecule has 0 radical (unpaired) electrons. The largest absolute Gasteiger partial charge is 0.396 e. The standard InChI is InChI=1S/C21H21NO2/c23-15-14-17-6-10-20(11-7-17)22(19-4-2-1-3-5-19)21-12-8-18(16-24)9-13-21/h1-13,23-24H,14-16H2. The van der Waals surface area contributed by atoms with Gasteiger partial charge in [-0.2, -0.15) is 0 Å². The van der Waals surface area contributed by atoms with Crippen LogP contribution in [0.3, 0.4) is 0 Å². The van der Waals surface area contributed by atoms with E-state index in [0.717, 1.165) is 28.2 Å². The van der Waals surface area contributed by atoms with Gasteiger partial charge in [-0.15, -0.1) is 0 Å². The van der Waals surface area contributed by atoms with E-state index in [1.54, 1.807) is 0 Å². The number of hydrogen-bond donors (Lipinski definition) is 2. The molecule has 0 amide bonds. The van der Waals surface area contributed by atoms with Crippen molar-refractivity contribution in [1.29, 1.82) is 0 Å². The van der Waals surface area contributed by atoms with E-state index in [9.17, 15) is 5.11 Å². The van der Waals surface area contributed by atoms with Gasteiger partial charge in [0.15, 0.2) is 0 Å². The van der Waals surface area contributed by atoms with Crippen LogP contribution >= 0.6 is 0 Å². The predicted molar refractivity (Wildman–Crippen MR) is 97.8 cm³/mol. The van der Waals surface area contributed by atoms with Crippen molar-refractivity contribution in [3.05, 3.63) is 90.0 Å². The molecule has 0 saturated carbocycles. The molecule has 3 rings (SSSR count). The van der Waals surface area contributed by atoms with Crippen molar-refractivity contribution in [1.82, 2.24) is 0 Å². The number of aliphatic hydroxyl groups is 2. The molecule has 0 aliphatic rings. The van der Waals surface area contributed by atoms with E-state index in [4.69, 9.17) is 5.11 Å². The van der Waals surface area contributed by atoms with Crippen molar-refractivity contribution < 1.29 is 10.2 Å².